The Bertz CT molecular complexity index is 778. The average Bonchev–Trinajstić information content (AvgIpc) is 2.72. The number of aromatic nitrogens is 4. The zero-order valence-electron chi connectivity index (χ0n) is 10.6. The summed E-state index contributed by atoms with van der Waals surface area (Å²) in [6.07, 6.45) is 0. The van der Waals surface area contributed by atoms with Gasteiger partial charge >= 0.3 is 0 Å². The molecule has 96 valence electrons. The fourth-order valence-corrected chi connectivity index (χ4v) is 2.52. The van der Waals surface area contributed by atoms with Gasteiger partial charge in [0.15, 0.2) is 11.5 Å². The monoisotopic (exact) mass is 317 g/mol. The van der Waals surface area contributed by atoms with E-state index in [1.807, 2.05) is 42.5 Å². The van der Waals surface area contributed by atoms with E-state index in [9.17, 15) is 0 Å². The average molecular weight is 318 g/mol. The molecule has 5 nitrogen and oxygen atoms in total. The van der Waals surface area contributed by atoms with Gasteiger partial charge in [-0.2, -0.15) is 0 Å². The third-order valence-electron chi connectivity index (χ3n) is 2.94. The Morgan fingerprint density at radius 3 is 2.68 bits per heavy atom. The van der Waals surface area contributed by atoms with Crippen molar-refractivity contribution in [3.8, 4) is 11.4 Å². The Labute approximate surface area is 118 Å². The van der Waals surface area contributed by atoms with Crippen LogP contribution in [-0.4, -0.2) is 19.6 Å². The molecule has 0 radical (unpaired) electrons. The molecule has 0 atom stereocenters. The van der Waals surface area contributed by atoms with E-state index in [2.05, 4.69) is 31.1 Å². The smallest absolute Gasteiger partial charge is 0.171 e. The number of nitrogens with zero attached hydrogens (tertiary/aromatic N) is 4. The maximum Gasteiger partial charge on any atom is 0.171 e. The van der Waals surface area contributed by atoms with Gasteiger partial charge in [-0.1, -0.05) is 15.9 Å². The van der Waals surface area contributed by atoms with Crippen LogP contribution in [0.2, 0.25) is 0 Å². The predicted molar refractivity (Wildman–Crippen MR) is 77.8 cm³/mol. The van der Waals surface area contributed by atoms with Crippen LogP contribution in [0.25, 0.3) is 17.0 Å². The van der Waals surface area contributed by atoms with Crippen molar-refractivity contribution >= 4 is 27.3 Å². The highest BCUT2D eigenvalue weighted by atomic mass is 79.9. The lowest BCUT2D eigenvalue weighted by molar-refractivity contribution is 0.962. The summed E-state index contributed by atoms with van der Waals surface area (Å²) in [5.74, 6) is 1.56. The normalized spacial score (nSPS) is 11.1. The molecule has 0 unspecified atom stereocenters. The van der Waals surface area contributed by atoms with E-state index in [4.69, 9.17) is 5.73 Å². The van der Waals surface area contributed by atoms with Crippen molar-refractivity contribution in [3.05, 3.63) is 40.3 Å². The minimum Gasteiger partial charge on any atom is -0.398 e. The Morgan fingerprint density at radius 2 is 1.95 bits per heavy atom. The molecule has 0 aliphatic carbocycles. The maximum absolute atomic E-state index is 6.05. The van der Waals surface area contributed by atoms with Crippen molar-refractivity contribution in [1.29, 1.82) is 0 Å². The molecule has 0 fully saturated rings. The number of aryl methyl sites for hydroxylation is 2. The summed E-state index contributed by atoms with van der Waals surface area (Å²) in [4.78, 5) is 4.44. The lowest BCUT2D eigenvalue weighted by atomic mass is 10.1. The first-order chi connectivity index (χ1) is 9.06. The Kier molecular flexibility index (Phi) is 2.74. The van der Waals surface area contributed by atoms with Crippen molar-refractivity contribution in [2.75, 3.05) is 5.73 Å². The van der Waals surface area contributed by atoms with E-state index in [0.717, 1.165) is 27.2 Å². The summed E-state index contributed by atoms with van der Waals surface area (Å²) in [5, 5.41) is 8.42. The molecular formula is C13H12BrN5. The third-order valence-corrected chi connectivity index (χ3v) is 3.44. The van der Waals surface area contributed by atoms with Gasteiger partial charge in [0.2, 0.25) is 0 Å². The fourth-order valence-electron chi connectivity index (χ4n) is 2.14. The van der Waals surface area contributed by atoms with Gasteiger partial charge < -0.3 is 5.73 Å². The lowest BCUT2D eigenvalue weighted by Gasteiger charge is -2.07. The Balaban J connectivity index is 2.31. The van der Waals surface area contributed by atoms with E-state index in [1.54, 1.807) is 0 Å². The van der Waals surface area contributed by atoms with Crippen LogP contribution >= 0.6 is 15.9 Å². The number of hydrogen-bond donors (Lipinski definition) is 1. The van der Waals surface area contributed by atoms with Crippen molar-refractivity contribution < 1.29 is 0 Å². The zero-order chi connectivity index (χ0) is 13.6. The number of benzene rings is 1. The van der Waals surface area contributed by atoms with Crippen LogP contribution in [0.15, 0.2) is 28.7 Å². The molecule has 0 bridgehead atoms. The van der Waals surface area contributed by atoms with E-state index in [0.29, 0.717) is 11.5 Å². The molecule has 6 heteroatoms. The Morgan fingerprint density at radius 1 is 1.16 bits per heavy atom. The molecular weight excluding hydrogens is 306 g/mol. The van der Waals surface area contributed by atoms with Crippen molar-refractivity contribution in [2.45, 2.75) is 13.8 Å². The molecule has 0 aliphatic rings. The molecule has 0 amide bonds. The predicted octanol–water partition coefficient (Wildman–Crippen LogP) is 2.75. The molecule has 0 aliphatic heterocycles. The van der Waals surface area contributed by atoms with Crippen molar-refractivity contribution in [2.24, 2.45) is 0 Å². The number of nitrogen functional groups attached to an aromatic ring is 1. The van der Waals surface area contributed by atoms with Gasteiger partial charge in [0.05, 0.1) is 0 Å². The topological polar surface area (TPSA) is 69.1 Å². The highest BCUT2D eigenvalue weighted by molar-refractivity contribution is 9.10. The van der Waals surface area contributed by atoms with E-state index in [1.165, 1.54) is 0 Å². The summed E-state index contributed by atoms with van der Waals surface area (Å²) in [6, 6.07) is 7.62. The minimum atomic E-state index is 0.656. The van der Waals surface area contributed by atoms with Gasteiger partial charge in [0.25, 0.3) is 0 Å². The molecule has 0 spiro atoms. The van der Waals surface area contributed by atoms with Gasteiger partial charge in [-0.15, -0.1) is 10.2 Å². The highest BCUT2D eigenvalue weighted by Gasteiger charge is 2.13. The number of hydrogen-bond acceptors (Lipinski definition) is 4. The summed E-state index contributed by atoms with van der Waals surface area (Å²) >= 11 is 3.40. The van der Waals surface area contributed by atoms with E-state index >= 15 is 0 Å². The maximum atomic E-state index is 6.05. The molecule has 3 rings (SSSR count). The first-order valence-corrected chi connectivity index (χ1v) is 6.60. The molecule has 3 aromatic rings. The largest absolute Gasteiger partial charge is 0.398 e. The van der Waals surface area contributed by atoms with Gasteiger partial charge in [-0.05, 0) is 32.0 Å². The minimum absolute atomic E-state index is 0.656. The van der Waals surface area contributed by atoms with Gasteiger partial charge in [0, 0.05) is 27.5 Å². The molecule has 2 N–H and O–H groups in total. The second-order valence-corrected chi connectivity index (χ2v) is 5.31. The van der Waals surface area contributed by atoms with Gasteiger partial charge in [-0.3, -0.25) is 4.40 Å². The Hall–Kier alpha value is -1.95. The first kappa shape index (κ1) is 12.1. The first-order valence-electron chi connectivity index (χ1n) is 5.81. The fraction of sp³-hybridized carbons (Fsp3) is 0.154. The quantitative estimate of drug-likeness (QED) is 0.701. The molecule has 2 heterocycles. The number of anilines is 1. The summed E-state index contributed by atoms with van der Waals surface area (Å²) in [5.41, 5.74) is 9.26. The molecule has 19 heavy (non-hydrogen) atoms. The van der Waals surface area contributed by atoms with E-state index in [-0.39, 0.29) is 0 Å². The van der Waals surface area contributed by atoms with Crippen LogP contribution in [0.3, 0.4) is 0 Å². The molecule has 2 aromatic heterocycles. The zero-order valence-corrected chi connectivity index (χ0v) is 12.1. The summed E-state index contributed by atoms with van der Waals surface area (Å²) < 4.78 is 2.85. The molecule has 1 aromatic carbocycles. The van der Waals surface area contributed by atoms with Crippen LogP contribution in [0, 0.1) is 13.8 Å². The van der Waals surface area contributed by atoms with Gasteiger partial charge in [0.1, 0.15) is 5.82 Å². The number of rotatable bonds is 1. The van der Waals surface area contributed by atoms with Crippen molar-refractivity contribution in [3.63, 3.8) is 0 Å². The molecule has 0 saturated carbocycles. The standard InChI is InChI=1S/C13H12BrN5/c1-7-5-12-17-18-13(19(12)8(2)16-7)10-4-3-9(14)6-11(10)15/h3-6H,15H2,1-2H3. The number of fused-ring (bicyclic) bond motifs is 1. The van der Waals surface area contributed by atoms with Crippen LogP contribution in [-0.2, 0) is 0 Å². The summed E-state index contributed by atoms with van der Waals surface area (Å²) in [7, 11) is 0. The van der Waals surface area contributed by atoms with Crippen LogP contribution in [0.4, 0.5) is 5.69 Å². The lowest BCUT2D eigenvalue weighted by Crippen LogP contribution is -2.01. The van der Waals surface area contributed by atoms with Crippen LogP contribution in [0.5, 0.6) is 0 Å². The van der Waals surface area contributed by atoms with E-state index < -0.39 is 0 Å². The number of nitrogens with two attached hydrogens (primary N) is 1. The summed E-state index contributed by atoms with van der Waals surface area (Å²) in [6.45, 7) is 3.87. The third kappa shape index (κ3) is 1.98. The van der Waals surface area contributed by atoms with Crippen molar-refractivity contribution in [1.82, 2.24) is 19.6 Å². The van der Waals surface area contributed by atoms with Crippen LogP contribution < -0.4 is 5.73 Å². The van der Waals surface area contributed by atoms with Gasteiger partial charge in [-0.25, -0.2) is 4.98 Å². The second-order valence-electron chi connectivity index (χ2n) is 4.39. The second kappa shape index (κ2) is 4.31. The number of halogens is 1. The SMILES string of the molecule is Cc1cc2nnc(-c3ccc(Br)cc3N)n2c(C)n1. The highest BCUT2D eigenvalue weighted by Crippen LogP contribution is 2.28. The van der Waals surface area contributed by atoms with Crippen LogP contribution in [0.1, 0.15) is 11.5 Å². The molecule has 0 saturated heterocycles.